The van der Waals surface area contributed by atoms with Gasteiger partial charge in [0, 0.05) is 31.2 Å². The molecular weight excluding hydrogens is 423 g/mol. The van der Waals surface area contributed by atoms with Crippen LogP contribution in [0.25, 0.3) is 0 Å². The Morgan fingerprint density at radius 1 is 1.16 bits per heavy atom. The molecule has 0 spiro atoms. The first-order chi connectivity index (χ1) is 15.2. The minimum atomic E-state index is -1.22. The summed E-state index contributed by atoms with van der Waals surface area (Å²) in [5.74, 6) is -3.60. The number of nitrogens with zero attached hydrogens (tertiary/aromatic N) is 3. The van der Waals surface area contributed by atoms with Gasteiger partial charge in [0.05, 0.1) is 19.1 Å². The Hall–Kier alpha value is -2.88. The monoisotopic (exact) mass is 449 g/mol. The van der Waals surface area contributed by atoms with Crippen LogP contribution in [-0.2, 0) is 18.3 Å². The third-order valence-corrected chi connectivity index (χ3v) is 6.66. The van der Waals surface area contributed by atoms with Crippen LogP contribution in [0, 0.1) is 23.4 Å². The number of aromatic nitrogens is 2. The van der Waals surface area contributed by atoms with Gasteiger partial charge < -0.3 is 20.5 Å². The number of amides is 2. The van der Waals surface area contributed by atoms with Crippen LogP contribution in [0.1, 0.15) is 41.7 Å². The van der Waals surface area contributed by atoms with Gasteiger partial charge in [0.2, 0.25) is 5.91 Å². The first-order valence-corrected chi connectivity index (χ1v) is 10.7. The SMILES string of the molecule is Cn1cncc1C(=O)NCC(=O)N1[C@@H]2CC[C@H]1C[C@H]([C@H](N)Cc1cc(F)c(F)cc1F)C2. The van der Waals surface area contributed by atoms with Gasteiger partial charge in [0.1, 0.15) is 11.5 Å². The molecule has 2 bridgehead atoms. The zero-order valence-electron chi connectivity index (χ0n) is 17.7. The standard InChI is InChI=1S/C22H26F3N5O2/c1-29-11-27-9-20(29)22(32)28-10-21(31)30-14-2-3-15(30)5-13(4-14)19(26)7-12-6-17(24)18(25)8-16(12)23/h6,8-9,11,13-15,19H,2-5,7,10,26H2,1H3,(H,28,32)/t13-,14-,15+,19-/m1/s1. The van der Waals surface area contributed by atoms with E-state index in [4.69, 9.17) is 5.73 Å². The number of aryl methyl sites for hydroxylation is 1. The first kappa shape index (κ1) is 22.3. The average molecular weight is 449 g/mol. The van der Waals surface area contributed by atoms with Crippen molar-refractivity contribution in [2.24, 2.45) is 18.7 Å². The van der Waals surface area contributed by atoms with Gasteiger partial charge in [-0.3, -0.25) is 9.59 Å². The molecule has 0 radical (unpaired) electrons. The summed E-state index contributed by atoms with van der Waals surface area (Å²) in [5.41, 5.74) is 6.75. The lowest BCUT2D eigenvalue weighted by Gasteiger charge is -2.41. The molecule has 3 heterocycles. The fourth-order valence-electron chi connectivity index (χ4n) is 5.03. The van der Waals surface area contributed by atoms with E-state index in [9.17, 15) is 22.8 Å². The lowest BCUT2D eigenvalue weighted by molar-refractivity contribution is -0.135. The van der Waals surface area contributed by atoms with E-state index in [2.05, 4.69) is 10.3 Å². The Morgan fingerprint density at radius 3 is 2.44 bits per heavy atom. The number of benzene rings is 1. The van der Waals surface area contributed by atoms with Crippen LogP contribution in [0.5, 0.6) is 0 Å². The van der Waals surface area contributed by atoms with Crippen molar-refractivity contribution in [1.82, 2.24) is 19.8 Å². The van der Waals surface area contributed by atoms with Crippen LogP contribution < -0.4 is 11.1 Å². The van der Waals surface area contributed by atoms with Crippen molar-refractivity contribution < 1.29 is 22.8 Å². The van der Waals surface area contributed by atoms with Crippen molar-refractivity contribution in [2.75, 3.05) is 6.54 Å². The molecule has 2 saturated heterocycles. The van der Waals surface area contributed by atoms with E-state index in [0.29, 0.717) is 24.6 Å². The number of nitrogens with one attached hydrogen (secondary N) is 1. The molecule has 10 heteroatoms. The van der Waals surface area contributed by atoms with Gasteiger partial charge in [0.25, 0.3) is 5.91 Å². The Morgan fingerprint density at radius 2 is 1.81 bits per heavy atom. The molecule has 32 heavy (non-hydrogen) atoms. The number of hydrogen-bond acceptors (Lipinski definition) is 4. The molecule has 2 amide bonds. The van der Waals surface area contributed by atoms with Gasteiger partial charge >= 0.3 is 0 Å². The van der Waals surface area contributed by atoms with Gasteiger partial charge in [-0.25, -0.2) is 18.2 Å². The van der Waals surface area contributed by atoms with E-state index in [1.54, 1.807) is 11.6 Å². The lowest BCUT2D eigenvalue weighted by Crippen LogP contribution is -2.52. The summed E-state index contributed by atoms with van der Waals surface area (Å²) >= 11 is 0. The quantitative estimate of drug-likeness (QED) is 0.659. The predicted molar refractivity (Wildman–Crippen MR) is 110 cm³/mol. The van der Waals surface area contributed by atoms with Crippen molar-refractivity contribution in [3.8, 4) is 0 Å². The summed E-state index contributed by atoms with van der Waals surface area (Å²) in [6, 6.07) is 0.978. The molecule has 172 valence electrons. The highest BCUT2D eigenvalue weighted by molar-refractivity contribution is 5.95. The molecule has 0 saturated carbocycles. The predicted octanol–water partition coefficient (Wildman–Crippen LogP) is 1.91. The van der Waals surface area contributed by atoms with Crippen LogP contribution in [0.2, 0.25) is 0 Å². The molecule has 0 aliphatic carbocycles. The summed E-state index contributed by atoms with van der Waals surface area (Å²) in [6.45, 7) is -0.103. The molecule has 1 aromatic carbocycles. The van der Waals surface area contributed by atoms with E-state index >= 15 is 0 Å². The van der Waals surface area contributed by atoms with Crippen LogP contribution in [0.4, 0.5) is 13.2 Å². The third kappa shape index (κ3) is 4.36. The smallest absolute Gasteiger partial charge is 0.269 e. The third-order valence-electron chi connectivity index (χ3n) is 6.66. The normalized spacial score (nSPS) is 23.3. The number of nitrogens with two attached hydrogens (primary N) is 1. The molecule has 7 nitrogen and oxygen atoms in total. The van der Waals surface area contributed by atoms with Crippen molar-refractivity contribution >= 4 is 11.8 Å². The number of piperidine rings is 1. The Balaban J connectivity index is 1.35. The highest BCUT2D eigenvalue weighted by Gasteiger charge is 2.44. The number of carbonyl (C=O) groups excluding carboxylic acids is 2. The fourth-order valence-corrected chi connectivity index (χ4v) is 5.03. The van der Waals surface area contributed by atoms with Crippen LogP contribution in [0.3, 0.4) is 0 Å². The van der Waals surface area contributed by atoms with Crippen molar-refractivity contribution in [1.29, 1.82) is 0 Å². The zero-order valence-corrected chi connectivity index (χ0v) is 17.7. The first-order valence-electron chi connectivity index (χ1n) is 10.7. The summed E-state index contributed by atoms with van der Waals surface area (Å²) in [5, 5.41) is 2.65. The second kappa shape index (κ2) is 8.93. The summed E-state index contributed by atoms with van der Waals surface area (Å²) in [7, 11) is 1.70. The number of hydrogen-bond donors (Lipinski definition) is 2. The average Bonchev–Trinajstić information content (AvgIpc) is 3.29. The van der Waals surface area contributed by atoms with Gasteiger partial charge in [-0.05, 0) is 49.7 Å². The molecule has 4 atom stereocenters. The van der Waals surface area contributed by atoms with Gasteiger partial charge in [0.15, 0.2) is 11.6 Å². The molecule has 3 N–H and O–H groups in total. The van der Waals surface area contributed by atoms with Crippen molar-refractivity contribution in [3.05, 3.63) is 53.4 Å². The minimum absolute atomic E-state index is 0.000654. The Kier molecular flexibility index (Phi) is 6.23. The molecule has 2 aliphatic heterocycles. The van der Waals surface area contributed by atoms with Gasteiger partial charge in [-0.1, -0.05) is 0 Å². The Bertz CT molecular complexity index is 1010. The minimum Gasteiger partial charge on any atom is -0.342 e. The Labute approximate surface area is 183 Å². The summed E-state index contributed by atoms with van der Waals surface area (Å²) in [6.07, 6.45) is 6.05. The van der Waals surface area contributed by atoms with Gasteiger partial charge in [-0.15, -0.1) is 0 Å². The number of rotatable bonds is 6. The van der Waals surface area contributed by atoms with E-state index in [-0.39, 0.29) is 48.3 Å². The zero-order chi connectivity index (χ0) is 23.0. The fraction of sp³-hybridized carbons (Fsp3) is 0.500. The number of fused-ring (bicyclic) bond motifs is 2. The molecule has 1 aromatic heterocycles. The molecule has 0 unspecified atom stereocenters. The number of carbonyl (C=O) groups is 2. The van der Waals surface area contributed by atoms with E-state index in [0.717, 1.165) is 18.9 Å². The molecule has 2 aliphatic rings. The highest BCUT2D eigenvalue weighted by atomic mass is 19.2. The maximum absolute atomic E-state index is 14.0. The molecule has 2 aromatic rings. The molecular formula is C22H26F3N5O2. The van der Waals surface area contributed by atoms with Crippen LogP contribution >= 0.6 is 0 Å². The number of imidazole rings is 1. The van der Waals surface area contributed by atoms with Crippen LogP contribution in [0.15, 0.2) is 24.7 Å². The molecule has 2 fully saturated rings. The second-order valence-corrected chi connectivity index (χ2v) is 8.72. The van der Waals surface area contributed by atoms with E-state index in [1.807, 2.05) is 4.90 Å². The maximum atomic E-state index is 14.0. The van der Waals surface area contributed by atoms with Crippen molar-refractivity contribution in [3.63, 3.8) is 0 Å². The largest absolute Gasteiger partial charge is 0.342 e. The lowest BCUT2D eigenvalue weighted by atomic mass is 9.82. The summed E-state index contributed by atoms with van der Waals surface area (Å²) in [4.78, 5) is 30.8. The van der Waals surface area contributed by atoms with E-state index < -0.39 is 23.5 Å². The topological polar surface area (TPSA) is 93.2 Å². The van der Waals surface area contributed by atoms with Crippen molar-refractivity contribution in [2.45, 2.75) is 50.2 Å². The summed E-state index contributed by atoms with van der Waals surface area (Å²) < 4.78 is 42.3. The van der Waals surface area contributed by atoms with Gasteiger partial charge in [-0.2, -0.15) is 0 Å². The highest BCUT2D eigenvalue weighted by Crippen LogP contribution is 2.40. The van der Waals surface area contributed by atoms with Crippen LogP contribution in [-0.4, -0.2) is 50.9 Å². The number of halogens is 3. The van der Waals surface area contributed by atoms with E-state index in [1.165, 1.54) is 12.5 Å². The maximum Gasteiger partial charge on any atom is 0.269 e. The molecule has 4 rings (SSSR count). The second-order valence-electron chi connectivity index (χ2n) is 8.72.